The first kappa shape index (κ1) is 9.97. The Morgan fingerprint density at radius 1 is 1.00 bits per heavy atom. The largest absolute Gasteiger partial charge is 0.464 e. The van der Waals surface area contributed by atoms with E-state index in [0.29, 0.717) is 0 Å². The van der Waals surface area contributed by atoms with Crippen molar-refractivity contribution in [1.29, 1.82) is 0 Å². The van der Waals surface area contributed by atoms with Crippen LogP contribution in [0.1, 0.15) is 11.1 Å². The van der Waals surface area contributed by atoms with Crippen molar-refractivity contribution in [3.63, 3.8) is 0 Å². The molecule has 0 fully saturated rings. The minimum Gasteiger partial charge on any atom is -0.464 e. The van der Waals surface area contributed by atoms with Gasteiger partial charge in [-0.3, -0.25) is 0 Å². The number of benzene rings is 2. The Labute approximate surface area is 99.7 Å². The Bertz CT molecular complexity index is 655. The highest BCUT2D eigenvalue weighted by atomic mass is 16.3. The molecule has 0 saturated heterocycles. The van der Waals surface area contributed by atoms with E-state index in [2.05, 4.69) is 12.1 Å². The van der Waals surface area contributed by atoms with Crippen LogP contribution in [0.3, 0.4) is 0 Å². The van der Waals surface area contributed by atoms with Crippen LogP contribution in [0, 0.1) is 0 Å². The molecule has 0 saturated carbocycles. The summed E-state index contributed by atoms with van der Waals surface area (Å²) in [5, 5.41) is 1.18. The average Bonchev–Trinajstić information content (AvgIpc) is 2.73. The van der Waals surface area contributed by atoms with Gasteiger partial charge >= 0.3 is 0 Å². The quantitative estimate of drug-likeness (QED) is 0.674. The molecule has 0 spiro atoms. The average molecular weight is 223 g/mol. The van der Waals surface area contributed by atoms with Gasteiger partial charge < -0.3 is 10.2 Å². The monoisotopic (exact) mass is 223 g/mol. The van der Waals surface area contributed by atoms with E-state index < -0.39 is 0 Å². The first-order valence-electron chi connectivity index (χ1n) is 5.62. The van der Waals surface area contributed by atoms with Crippen LogP contribution in [0.2, 0.25) is 0 Å². The van der Waals surface area contributed by atoms with Crippen molar-refractivity contribution < 1.29 is 4.42 Å². The molecule has 0 aliphatic rings. The maximum Gasteiger partial charge on any atom is 0.134 e. The van der Waals surface area contributed by atoms with Crippen molar-refractivity contribution in [2.75, 3.05) is 5.73 Å². The van der Waals surface area contributed by atoms with Crippen LogP contribution < -0.4 is 5.73 Å². The van der Waals surface area contributed by atoms with Gasteiger partial charge in [0, 0.05) is 23.1 Å². The summed E-state index contributed by atoms with van der Waals surface area (Å²) in [6.07, 6.45) is 2.68. The number of hydrogen-bond acceptors (Lipinski definition) is 2. The van der Waals surface area contributed by atoms with E-state index in [1.807, 2.05) is 42.7 Å². The van der Waals surface area contributed by atoms with Crippen LogP contribution >= 0.6 is 0 Å². The zero-order valence-electron chi connectivity index (χ0n) is 9.39. The predicted octanol–water partition coefficient (Wildman–Crippen LogP) is 3.61. The minimum atomic E-state index is 0.801. The van der Waals surface area contributed by atoms with Crippen LogP contribution in [0.4, 0.5) is 5.69 Å². The Balaban J connectivity index is 2.00. The maximum absolute atomic E-state index is 5.78. The fourth-order valence-electron chi connectivity index (χ4n) is 2.09. The van der Waals surface area contributed by atoms with Crippen molar-refractivity contribution in [3.05, 3.63) is 65.9 Å². The molecule has 2 N–H and O–H groups in total. The van der Waals surface area contributed by atoms with Crippen molar-refractivity contribution in [1.82, 2.24) is 0 Å². The zero-order chi connectivity index (χ0) is 11.7. The van der Waals surface area contributed by atoms with Gasteiger partial charge in [-0.2, -0.15) is 0 Å². The number of hydrogen-bond donors (Lipinski definition) is 1. The molecule has 0 amide bonds. The van der Waals surface area contributed by atoms with Gasteiger partial charge in [-0.15, -0.1) is 0 Å². The number of fused-ring (bicyclic) bond motifs is 1. The molecule has 0 radical (unpaired) electrons. The van der Waals surface area contributed by atoms with Crippen LogP contribution in [0.15, 0.2) is 59.2 Å². The minimum absolute atomic E-state index is 0.801. The molecule has 0 aliphatic heterocycles. The summed E-state index contributed by atoms with van der Waals surface area (Å²) in [5.41, 5.74) is 9.92. The molecule has 2 heteroatoms. The zero-order valence-corrected chi connectivity index (χ0v) is 9.39. The first-order chi connectivity index (χ1) is 8.33. The van der Waals surface area contributed by atoms with Crippen LogP contribution in [0.25, 0.3) is 11.0 Å². The second-order valence-corrected chi connectivity index (χ2v) is 4.18. The number of furan rings is 1. The topological polar surface area (TPSA) is 39.2 Å². The Morgan fingerprint density at radius 3 is 2.76 bits per heavy atom. The SMILES string of the molecule is Nc1cccc(Cc2coc3ccccc23)c1. The van der Waals surface area contributed by atoms with Gasteiger partial charge in [0.25, 0.3) is 0 Å². The highest BCUT2D eigenvalue weighted by Crippen LogP contribution is 2.23. The summed E-state index contributed by atoms with van der Waals surface area (Å²) in [6.45, 7) is 0. The van der Waals surface area contributed by atoms with Crippen molar-refractivity contribution in [3.8, 4) is 0 Å². The van der Waals surface area contributed by atoms with Gasteiger partial charge in [-0.25, -0.2) is 0 Å². The smallest absolute Gasteiger partial charge is 0.134 e. The molecule has 2 aromatic carbocycles. The van der Waals surface area contributed by atoms with Gasteiger partial charge in [-0.05, 0) is 23.8 Å². The summed E-state index contributed by atoms with van der Waals surface area (Å²) in [4.78, 5) is 0. The van der Waals surface area contributed by atoms with E-state index in [0.717, 1.165) is 17.7 Å². The predicted molar refractivity (Wildman–Crippen MR) is 69.9 cm³/mol. The normalized spacial score (nSPS) is 10.8. The highest BCUT2D eigenvalue weighted by molar-refractivity contribution is 5.81. The summed E-state index contributed by atoms with van der Waals surface area (Å²) in [7, 11) is 0. The van der Waals surface area contributed by atoms with Gasteiger partial charge in [0.1, 0.15) is 5.58 Å². The lowest BCUT2D eigenvalue weighted by Crippen LogP contribution is -1.89. The van der Waals surface area contributed by atoms with Crippen molar-refractivity contribution in [2.45, 2.75) is 6.42 Å². The Morgan fingerprint density at radius 2 is 1.88 bits per heavy atom. The molecule has 3 aromatic rings. The van der Waals surface area contributed by atoms with Gasteiger partial charge in [0.05, 0.1) is 6.26 Å². The van der Waals surface area contributed by atoms with E-state index >= 15 is 0 Å². The summed E-state index contributed by atoms with van der Waals surface area (Å²) < 4.78 is 5.52. The molecular formula is C15H13NO. The van der Waals surface area contributed by atoms with E-state index in [1.54, 1.807) is 0 Å². The second-order valence-electron chi connectivity index (χ2n) is 4.18. The molecule has 1 aromatic heterocycles. The van der Waals surface area contributed by atoms with Crippen LogP contribution in [0.5, 0.6) is 0 Å². The fraction of sp³-hybridized carbons (Fsp3) is 0.0667. The van der Waals surface area contributed by atoms with Crippen LogP contribution in [-0.2, 0) is 6.42 Å². The molecular weight excluding hydrogens is 210 g/mol. The Kier molecular flexibility index (Phi) is 2.33. The molecule has 3 rings (SSSR count). The van der Waals surface area contributed by atoms with Crippen molar-refractivity contribution in [2.24, 2.45) is 0 Å². The van der Waals surface area contributed by atoms with E-state index in [-0.39, 0.29) is 0 Å². The standard InChI is InChI=1S/C15H13NO/c16-13-5-3-4-11(9-13)8-12-10-17-15-7-2-1-6-14(12)15/h1-7,9-10H,8,16H2. The Hall–Kier alpha value is -2.22. The lowest BCUT2D eigenvalue weighted by atomic mass is 10.0. The summed E-state index contributed by atoms with van der Waals surface area (Å²) in [5.74, 6) is 0. The number of nitrogen functional groups attached to an aromatic ring is 1. The third-order valence-corrected chi connectivity index (χ3v) is 2.91. The first-order valence-corrected chi connectivity index (χ1v) is 5.62. The number of anilines is 1. The van der Waals surface area contributed by atoms with Gasteiger partial charge in [0.2, 0.25) is 0 Å². The molecule has 0 bridgehead atoms. The number of para-hydroxylation sites is 1. The molecule has 0 unspecified atom stereocenters. The lowest BCUT2D eigenvalue weighted by molar-refractivity contribution is 0.611. The molecule has 0 atom stereocenters. The van der Waals surface area contributed by atoms with Crippen LogP contribution in [-0.4, -0.2) is 0 Å². The molecule has 0 aliphatic carbocycles. The third kappa shape index (κ3) is 1.89. The molecule has 1 heterocycles. The maximum atomic E-state index is 5.78. The number of nitrogens with two attached hydrogens (primary N) is 1. The van der Waals surface area contributed by atoms with E-state index in [1.165, 1.54) is 16.5 Å². The van der Waals surface area contributed by atoms with E-state index in [9.17, 15) is 0 Å². The highest BCUT2D eigenvalue weighted by Gasteiger charge is 2.05. The number of rotatable bonds is 2. The third-order valence-electron chi connectivity index (χ3n) is 2.91. The van der Waals surface area contributed by atoms with E-state index in [4.69, 9.17) is 10.2 Å². The van der Waals surface area contributed by atoms with Crippen molar-refractivity contribution >= 4 is 16.7 Å². The lowest BCUT2D eigenvalue weighted by Gasteiger charge is -2.00. The molecule has 2 nitrogen and oxygen atoms in total. The van der Waals surface area contributed by atoms with Gasteiger partial charge in [-0.1, -0.05) is 30.3 Å². The second kappa shape index (κ2) is 3.98. The fourth-order valence-corrected chi connectivity index (χ4v) is 2.09. The summed E-state index contributed by atoms with van der Waals surface area (Å²) >= 11 is 0. The molecule has 84 valence electrons. The summed E-state index contributed by atoms with van der Waals surface area (Å²) in [6, 6.07) is 16.0. The molecule has 17 heavy (non-hydrogen) atoms. The van der Waals surface area contributed by atoms with Gasteiger partial charge in [0.15, 0.2) is 0 Å².